The van der Waals surface area contributed by atoms with Gasteiger partial charge in [-0.2, -0.15) is 0 Å². The van der Waals surface area contributed by atoms with Gasteiger partial charge >= 0.3 is 8.40 Å². The maximum absolute atomic E-state index is 4.33. The van der Waals surface area contributed by atoms with Crippen LogP contribution in [0.5, 0.6) is 0 Å². The molecule has 0 aromatic heterocycles. The Labute approximate surface area is 184 Å². The highest BCUT2D eigenvalue weighted by Crippen LogP contribution is 2.25. The van der Waals surface area contributed by atoms with E-state index in [1.165, 1.54) is 15.6 Å². The van der Waals surface area contributed by atoms with Gasteiger partial charge in [0.1, 0.15) is 0 Å². The highest BCUT2D eigenvalue weighted by molar-refractivity contribution is 7.08. The fourth-order valence-electron chi connectivity index (χ4n) is 4.53. The normalized spacial score (nSPS) is 18.8. The largest absolute Gasteiger partial charge is 0.403 e. The Morgan fingerprint density at radius 1 is 0.667 bits per heavy atom. The number of hydrogen-bond donors (Lipinski definition) is 0. The van der Waals surface area contributed by atoms with Gasteiger partial charge in [0.15, 0.2) is 0 Å². The molecule has 1 saturated heterocycles. The van der Waals surface area contributed by atoms with Gasteiger partial charge in [0.2, 0.25) is 9.84 Å². The van der Waals surface area contributed by atoms with Crippen LogP contribution in [0.15, 0.2) is 129 Å². The summed E-state index contributed by atoms with van der Waals surface area (Å²) in [7, 11) is -5.12. The molecule has 0 spiro atoms. The van der Waals surface area contributed by atoms with Crippen molar-refractivity contribution in [1.82, 2.24) is 12.7 Å². The van der Waals surface area contributed by atoms with Gasteiger partial charge in [-0.05, 0) is 34.2 Å². The van der Waals surface area contributed by atoms with Gasteiger partial charge in [-0.15, -0.1) is 0 Å². The summed E-state index contributed by atoms with van der Waals surface area (Å²) in [5, 5.41) is 4.11. The first-order chi connectivity index (χ1) is 14.8. The predicted octanol–water partition coefficient (Wildman–Crippen LogP) is 1.72. The lowest BCUT2D eigenvalue weighted by Gasteiger charge is -2.59. The molecule has 3 aromatic rings. The smallest absolute Gasteiger partial charge is 0.316 e. The molecule has 0 radical (unpaired) electrons. The van der Waals surface area contributed by atoms with Crippen molar-refractivity contribution in [3.05, 3.63) is 129 Å². The molecule has 6 heteroatoms. The average Bonchev–Trinajstić information content (AvgIpc) is 2.84. The number of benzene rings is 3. The van der Waals surface area contributed by atoms with E-state index in [1.807, 2.05) is 6.20 Å². The van der Waals surface area contributed by atoms with Crippen molar-refractivity contribution in [2.45, 2.75) is 0 Å². The highest BCUT2D eigenvalue weighted by atomic mass is 28.4. The van der Waals surface area contributed by atoms with Gasteiger partial charge in [0.05, 0.1) is 0 Å². The molecule has 1 aliphatic rings. The van der Waals surface area contributed by atoms with Crippen LogP contribution in [0.25, 0.3) is 0 Å². The lowest BCUT2D eigenvalue weighted by molar-refractivity contribution is 0.630. The van der Waals surface area contributed by atoms with Gasteiger partial charge in [0, 0.05) is 0 Å². The fraction of sp³-hybridized carbons (Fsp3) is 0. The van der Waals surface area contributed by atoms with E-state index >= 15 is 0 Å². The molecule has 3 nitrogen and oxygen atoms in total. The molecule has 1 aliphatic heterocycles. The van der Waals surface area contributed by atoms with Gasteiger partial charge in [-0.3, -0.25) is 0 Å². The molecule has 3 aromatic carbocycles. The Bertz CT molecular complexity index is 972. The van der Waals surface area contributed by atoms with E-state index in [-0.39, 0.29) is 0 Å². The van der Waals surface area contributed by atoms with Crippen LogP contribution in [-0.2, 0) is 0 Å². The second-order valence-electron chi connectivity index (χ2n) is 7.27. The third-order valence-corrected chi connectivity index (χ3v) is 18.9. The van der Waals surface area contributed by atoms with E-state index in [1.54, 1.807) is 0 Å². The van der Waals surface area contributed by atoms with E-state index in [2.05, 4.69) is 136 Å². The molecule has 30 heavy (non-hydrogen) atoms. The summed E-state index contributed by atoms with van der Waals surface area (Å²) in [6, 6.07) is 32.8. The van der Waals surface area contributed by atoms with Crippen LogP contribution < -0.4 is 15.6 Å². The molecule has 150 valence electrons. The third-order valence-electron chi connectivity index (χ3n) is 5.78. The molecule has 1 atom stereocenters. The van der Waals surface area contributed by atoms with Crippen LogP contribution in [0.1, 0.15) is 0 Å². The van der Waals surface area contributed by atoms with Crippen LogP contribution in [0.3, 0.4) is 0 Å². The molecule has 4 rings (SSSR count). The quantitative estimate of drug-likeness (QED) is 0.540. The maximum Gasteiger partial charge on any atom is 0.316 e. The van der Waals surface area contributed by atoms with Crippen LogP contribution in [-0.4, -0.2) is 40.1 Å². The van der Waals surface area contributed by atoms with Crippen molar-refractivity contribution in [3.63, 3.8) is 0 Å². The maximum atomic E-state index is 4.33. The number of nitrogens with zero attached hydrogens (tertiary/aromatic N) is 3. The van der Waals surface area contributed by atoms with Crippen LogP contribution in [0.2, 0.25) is 0 Å². The summed E-state index contributed by atoms with van der Waals surface area (Å²) in [4.78, 5) is 0. The Morgan fingerprint density at radius 2 is 1.17 bits per heavy atom. The lowest BCUT2D eigenvalue weighted by atomic mass is 10.4. The van der Waals surface area contributed by atoms with Crippen LogP contribution in [0.4, 0.5) is 0 Å². The second kappa shape index (κ2) is 8.74. The summed E-state index contributed by atoms with van der Waals surface area (Å²) in [5.41, 5.74) is 0. The van der Waals surface area contributed by atoms with Crippen molar-refractivity contribution < 1.29 is 0 Å². The Balaban J connectivity index is 2.04. The van der Waals surface area contributed by atoms with Gasteiger partial charge in [-0.1, -0.05) is 111 Å². The lowest BCUT2D eigenvalue weighted by Crippen LogP contribution is -2.87. The summed E-state index contributed by atoms with van der Waals surface area (Å²) >= 11 is 0. The van der Waals surface area contributed by atoms with Crippen molar-refractivity contribution in [3.8, 4) is 0 Å². The zero-order valence-corrected chi connectivity index (χ0v) is 20.7. The van der Waals surface area contributed by atoms with E-state index < -0.39 is 27.4 Å². The van der Waals surface area contributed by atoms with Crippen molar-refractivity contribution >= 4 is 42.9 Å². The monoisotopic (exact) mass is 441 g/mol. The first kappa shape index (κ1) is 20.2. The van der Waals surface area contributed by atoms with E-state index in [4.69, 9.17) is 0 Å². The first-order valence-corrected chi connectivity index (χ1v) is 14.9. The van der Waals surface area contributed by atoms with E-state index in [9.17, 15) is 0 Å². The fourth-order valence-corrected chi connectivity index (χ4v) is 21.2. The molecule has 0 amide bonds. The summed E-state index contributed by atoms with van der Waals surface area (Å²) in [6.07, 6.45) is 6.18. The molecule has 0 N–H and O–H groups in total. The van der Waals surface area contributed by atoms with Gasteiger partial charge < -0.3 is 12.7 Å². The number of rotatable bonds is 6. The Kier molecular flexibility index (Phi) is 5.89. The topological polar surface area (TPSA) is 9.72 Å². The standard InChI is InChI=1S/C24H27N3Si3/c1-4-25-28-26(5-2)30(23-18-12-8-13-19-23,24-20-14-9-15-21-24)27(6-3)29(25)22-16-10-7-11-17-22/h4-21,29H,1-3,28H2. The van der Waals surface area contributed by atoms with Crippen molar-refractivity contribution in [2.24, 2.45) is 0 Å². The Hall–Kier alpha value is -3.07. The third kappa shape index (κ3) is 3.19. The van der Waals surface area contributed by atoms with E-state index in [0.717, 1.165) is 0 Å². The zero-order valence-electron chi connectivity index (χ0n) is 17.1. The van der Waals surface area contributed by atoms with Crippen LogP contribution >= 0.6 is 0 Å². The SMILES string of the molecule is C=CN1[SiH2]N(C=C)[Si](c2ccccc2)(c2ccccc2)N(C=C)[SiH]1c1ccccc1. The number of hydrogen-bond acceptors (Lipinski definition) is 3. The van der Waals surface area contributed by atoms with Gasteiger partial charge in [-0.25, -0.2) is 0 Å². The second-order valence-corrected chi connectivity index (χ2v) is 17.1. The van der Waals surface area contributed by atoms with E-state index in [0.29, 0.717) is 0 Å². The average molecular weight is 442 g/mol. The zero-order chi connectivity index (χ0) is 21.0. The van der Waals surface area contributed by atoms with Gasteiger partial charge in [0.25, 0.3) is 9.12 Å². The van der Waals surface area contributed by atoms with Crippen molar-refractivity contribution in [1.29, 1.82) is 0 Å². The van der Waals surface area contributed by atoms with Crippen molar-refractivity contribution in [2.75, 3.05) is 0 Å². The minimum atomic E-state index is -2.53. The summed E-state index contributed by atoms with van der Waals surface area (Å²) in [6.45, 7) is 12.8. The first-order valence-electron chi connectivity index (χ1n) is 10.1. The van der Waals surface area contributed by atoms with Crippen LogP contribution in [0, 0.1) is 0 Å². The minimum absolute atomic E-state index is 0.823. The Morgan fingerprint density at radius 3 is 1.60 bits per heavy atom. The molecule has 1 unspecified atom stereocenters. The molecule has 0 bridgehead atoms. The molecular formula is C24H27N3Si3. The molecular weight excluding hydrogens is 415 g/mol. The summed E-state index contributed by atoms with van der Waals surface area (Å²) < 4.78 is 7.70. The molecule has 1 fully saturated rings. The highest BCUT2D eigenvalue weighted by Gasteiger charge is 2.55. The predicted molar refractivity (Wildman–Crippen MR) is 136 cm³/mol. The summed E-state index contributed by atoms with van der Waals surface area (Å²) in [5.74, 6) is 0. The molecule has 1 heterocycles. The molecule has 0 aliphatic carbocycles. The minimum Gasteiger partial charge on any atom is -0.403 e. The molecule has 0 saturated carbocycles.